The second-order valence-corrected chi connectivity index (χ2v) is 6.56. The number of nitrogens with one attached hydrogen (secondary N) is 1. The molecule has 28 heavy (non-hydrogen) atoms. The van der Waals surface area contributed by atoms with Crippen LogP contribution in [0.15, 0.2) is 36.5 Å². The van der Waals surface area contributed by atoms with Crippen molar-refractivity contribution in [2.24, 2.45) is 5.92 Å². The van der Waals surface area contributed by atoms with Crippen LogP contribution >= 0.6 is 0 Å². The van der Waals surface area contributed by atoms with Crippen molar-refractivity contribution in [2.45, 2.75) is 25.9 Å². The molecule has 1 N–H and O–H groups in total. The predicted octanol–water partition coefficient (Wildman–Crippen LogP) is 4.16. The highest BCUT2D eigenvalue weighted by Gasteiger charge is 2.36. The Morgan fingerprint density at radius 3 is 2.75 bits per heavy atom. The minimum atomic E-state index is -4.57. The van der Waals surface area contributed by atoms with Gasteiger partial charge in [-0.2, -0.15) is 13.2 Å². The monoisotopic (exact) mass is 390 g/mol. The molecule has 0 spiro atoms. The van der Waals surface area contributed by atoms with Gasteiger partial charge < -0.3 is 10.1 Å². The van der Waals surface area contributed by atoms with Crippen LogP contribution in [-0.4, -0.2) is 27.1 Å². The van der Waals surface area contributed by atoms with E-state index in [0.29, 0.717) is 42.2 Å². The van der Waals surface area contributed by atoms with Crippen molar-refractivity contribution in [3.05, 3.63) is 42.1 Å². The first kappa shape index (κ1) is 18.3. The molecule has 3 aromatic rings. The van der Waals surface area contributed by atoms with E-state index in [-0.39, 0.29) is 17.5 Å². The Labute approximate surface area is 158 Å². The van der Waals surface area contributed by atoms with Crippen LogP contribution in [0.5, 0.6) is 5.88 Å². The maximum atomic E-state index is 13.3. The van der Waals surface area contributed by atoms with E-state index < -0.39 is 11.7 Å². The van der Waals surface area contributed by atoms with Crippen molar-refractivity contribution in [2.75, 3.05) is 11.9 Å². The van der Waals surface area contributed by atoms with Gasteiger partial charge in [0.25, 0.3) is 0 Å². The second-order valence-electron chi connectivity index (χ2n) is 6.56. The molecule has 0 saturated heterocycles. The number of alkyl halides is 3. The Bertz CT molecular complexity index is 1040. The minimum Gasteiger partial charge on any atom is -0.477 e. The zero-order valence-corrected chi connectivity index (χ0v) is 15.0. The van der Waals surface area contributed by atoms with Crippen LogP contribution in [0.1, 0.15) is 25.3 Å². The molecule has 1 aliphatic carbocycles. The lowest BCUT2D eigenvalue weighted by atomic mass is 10.1. The third kappa shape index (κ3) is 3.64. The van der Waals surface area contributed by atoms with Gasteiger partial charge in [-0.15, -0.1) is 5.10 Å². The summed E-state index contributed by atoms with van der Waals surface area (Å²) in [4.78, 5) is 16.4. The molecule has 4 rings (SSSR count). The average Bonchev–Trinajstić information content (AvgIpc) is 3.40. The van der Waals surface area contributed by atoms with Crippen LogP contribution in [0.3, 0.4) is 0 Å². The van der Waals surface area contributed by atoms with E-state index >= 15 is 0 Å². The first-order chi connectivity index (χ1) is 13.3. The van der Waals surface area contributed by atoms with E-state index in [1.807, 2.05) is 6.92 Å². The highest BCUT2D eigenvalue weighted by molar-refractivity contribution is 5.95. The van der Waals surface area contributed by atoms with Gasteiger partial charge in [0.2, 0.25) is 11.8 Å². The maximum Gasteiger partial charge on any atom is 0.418 e. The number of carbonyl (C=O) groups excluding carboxylic acids is 1. The molecule has 1 amide bonds. The van der Waals surface area contributed by atoms with Crippen LogP contribution in [-0.2, 0) is 11.0 Å². The minimum absolute atomic E-state index is 0.207. The highest BCUT2D eigenvalue weighted by Crippen LogP contribution is 2.38. The van der Waals surface area contributed by atoms with Gasteiger partial charge in [0, 0.05) is 17.5 Å². The molecule has 0 bridgehead atoms. The predicted molar refractivity (Wildman–Crippen MR) is 95.9 cm³/mol. The molecule has 2 aromatic heterocycles. The standard InChI is InChI=1S/C19H17F3N4O2/c1-2-28-17-8-7-16-23-15(10-26(16)25-17)12-5-6-13(19(20,21)22)14(9-12)24-18(27)11-3-4-11/h5-11H,2-4H2,1H3,(H,24,27). The number of amides is 1. The number of aromatic nitrogens is 3. The lowest BCUT2D eigenvalue weighted by Crippen LogP contribution is -2.17. The Balaban J connectivity index is 1.72. The van der Waals surface area contributed by atoms with E-state index in [4.69, 9.17) is 4.74 Å². The summed E-state index contributed by atoms with van der Waals surface area (Å²) in [6.45, 7) is 2.30. The van der Waals surface area contributed by atoms with E-state index in [0.717, 1.165) is 6.07 Å². The molecule has 0 aliphatic heterocycles. The molecule has 9 heteroatoms. The summed E-state index contributed by atoms with van der Waals surface area (Å²) in [5.74, 6) is -0.175. The van der Waals surface area contributed by atoms with Crippen LogP contribution in [0.25, 0.3) is 16.9 Å². The summed E-state index contributed by atoms with van der Waals surface area (Å²) in [6, 6.07) is 6.97. The zero-order chi connectivity index (χ0) is 19.9. The molecule has 146 valence electrons. The number of hydrogen-bond donors (Lipinski definition) is 1. The van der Waals surface area contributed by atoms with E-state index in [9.17, 15) is 18.0 Å². The van der Waals surface area contributed by atoms with Crippen molar-refractivity contribution in [3.8, 4) is 17.1 Å². The van der Waals surface area contributed by atoms with Crippen LogP contribution < -0.4 is 10.1 Å². The molecular formula is C19H17F3N4O2. The highest BCUT2D eigenvalue weighted by atomic mass is 19.4. The van der Waals surface area contributed by atoms with Crippen molar-refractivity contribution in [3.63, 3.8) is 0 Å². The topological polar surface area (TPSA) is 68.5 Å². The van der Waals surface area contributed by atoms with E-state index in [2.05, 4.69) is 15.4 Å². The first-order valence-corrected chi connectivity index (χ1v) is 8.87. The number of anilines is 1. The lowest BCUT2D eigenvalue weighted by Gasteiger charge is -2.14. The molecule has 0 atom stereocenters. The number of fused-ring (bicyclic) bond motifs is 1. The van der Waals surface area contributed by atoms with Crippen molar-refractivity contribution in [1.29, 1.82) is 0 Å². The molecule has 1 aromatic carbocycles. The normalized spacial score (nSPS) is 14.3. The quantitative estimate of drug-likeness (QED) is 0.710. The lowest BCUT2D eigenvalue weighted by molar-refractivity contribution is -0.137. The summed E-state index contributed by atoms with van der Waals surface area (Å²) in [5, 5.41) is 6.67. The average molecular weight is 390 g/mol. The molecule has 0 unspecified atom stereocenters. The number of hydrogen-bond acceptors (Lipinski definition) is 4. The number of nitrogens with zero attached hydrogens (tertiary/aromatic N) is 3. The van der Waals surface area contributed by atoms with Gasteiger partial charge in [-0.05, 0) is 38.0 Å². The summed E-state index contributed by atoms with van der Waals surface area (Å²) < 4.78 is 46.9. The van der Waals surface area contributed by atoms with Crippen LogP contribution in [0.2, 0.25) is 0 Å². The molecule has 1 aliphatic rings. The first-order valence-electron chi connectivity index (χ1n) is 8.87. The van der Waals surface area contributed by atoms with Crippen molar-refractivity contribution in [1.82, 2.24) is 14.6 Å². The van der Waals surface area contributed by atoms with E-state index in [1.54, 1.807) is 18.3 Å². The maximum absolute atomic E-state index is 13.3. The molecule has 2 heterocycles. The molecule has 6 nitrogen and oxygen atoms in total. The van der Waals surface area contributed by atoms with Gasteiger partial charge >= 0.3 is 6.18 Å². The molecule has 1 fully saturated rings. The van der Waals surface area contributed by atoms with E-state index in [1.165, 1.54) is 16.6 Å². The Hall–Kier alpha value is -3.10. The van der Waals surface area contributed by atoms with Gasteiger partial charge in [-0.25, -0.2) is 9.50 Å². The Morgan fingerprint density at radius 2 is 2.07 bits per heavy atom. The second kappa shape index (κ2) is 6.81. The Kier molecular flexibility index (Phi) is 4.44. The summed E-state index contributed by atoms with van der Waals surface area (Å²) >= 11 is 0. The summed E-state index contributed by atoms with van der Waals surface area (Å²) in [7, 11) is 0. The smallest absolute Gasteiger partial charge is 0.418 e. The fourth-order valence-electron chi connectivity index (χ4n) is 2.86. The number of rotatable bonds is 5. The number of ether oxygens (including phenoxy) is 1. The molecular weight excluding hydrogens is 373 g/mol. The zero-order valence-electron chi connectivity index (χ0n) is 15.0. The van der Waals surface area contributed by atoms with Crippen molar-refractivity contribution >= 4 is 17.2 Å². The van der Waals surface area contributed by atoms with Gasteiger partial charge in [-0.1, -0.05) is 6.07 Å². The number of halogens is 3. The Morgan fingerprint density at radius 1 is 1.29 bits per heavy atom. The fourth-order valence-corrected chi connectivity index (χ4v) is 2.86. The number of benzene rings is 1. The third-order valence-electron chi connectivity index (χ3n) is 4.41. The van der Waals surface area contributed by atoms with Gasteiger partial charge in [0.15, 0.2) is 5.65 Å². The number of imidazole rings is 1. The fraction of sp³-hybridized carbons (Fsp3) is 0.316. The van der Waals surface area contributed by atoms with Crippen LogP contribution in [0.4, 0.5) is 18.9 Å². The van der Waals surface area contributed by atoms with Gasteiger partial charge in [0.1, 0.15) is 0 Å². The van der Waals surface area contributed by atoms with Gasteiger partial charge in [0.05, 0.1) is 29.7 Å². The summed E-state index contributed by atoms with van der Waals surface area (Å²) in [5.41, 5.74) is 0.272. The number of carbonyl (C=O) groups is 1. The third-order valence-corrected chi connectivity index (χ3v) is 4.41. The van der Waals surface area contributed by atoms with Gasteiger partial charge in [-0.3, -0.25) is 4.79 Å². The molecule has 1 saturated carbocycles. The molecule has 0 radical (unpaired) electrons. The van der Waals surface area contributed by atoms with Crippen molar-refractivity contribution < 1.29 is 22.7 Å². The largest absolute Gasteiger partial charge is 0.477 e. The van der Waals surface area contributed by atoms with Crippen LogP contribution in [0, 0.1) is 5.92 Å². The summed E-state index contributed by atoms with van der Waals surface area (Å²) in [6.07, 6.45) is -1.56. The SMILES string of the molecule is CCOc1ccc2nc(-c3ccc(C(F)(F)F)c(NC(=O)C4CC4)c3)cn2n1.